The summed E-state index contributed by atoms with van der Waals surface area (Å²) >= 11 is 3.42. The van der Waals surface area contributed by atoms with Crippen LogP contribution in [0.15, 0.2) is 109 Å². The molecule has 0 spiro atoms. The van der Waals surface area contributed by atoms with Gasteiger partial charge in [0.15, 0.2) is 5.65 Å². The third kappa shape index (κ3) is 13.6. The van der Waals surface area contributed by atoms with Gasteiger partial charge in [0.1, 0.15) is 50.0 Å². The number of rotatable bonds is 9. The zero-order valence-electron chi connectivity index (χ0n) is 55.5. The fourth-order valence-corrected chi connectivity index (χ4v) is 15.4. The van der Waals surface area contributed by atoms with Crippen LogP contribution in [0, 0.1) is 0 Å². The number of halogens is 1. The number of phenolic OH excluding ortho intramolecular Hbond substituents is 2. The Balaban J connectivity index is 0.000000129. The minimum Gasteiger partial charge on any atom is -0.507 e. The lowest BCUT2D eigenvalue weighted by Crippen LogP contribution is -2.58. The first kappa shape index (κ1) is 64.2. The van der Waals surface area contributed by atoms with Gasteiger partial charge in [-0.05, 0) is 198 Å². The molecule has 8 N–H and O–H groups in total. The summed E-state index contributed by atoms with van der Waals surface area (Å²) in [6, 6.07) is 20.8. The van der Waals surface area contributed by atoms with Crippen molar-refractivity contribution in [3.05, 3.63) is 109 Å². The molecule has 27 nitrogen and oxygen atoms in total. The molecule has 0 bridgehead atoms. The normalized spacial score (nSPS) is 18.3. The van der Waals surface area contributed by atoms with Crippen molar-refractivity contribution in [3.63, 3.8) is 0 Å². The molecule has 0 atom stereocenters. The number of fused-ring (bicyclic) bond motifs is 3. The number of phenols is 2. The molecule has 0 radical (unpaired) electrons. The van der Waals surface area contributed by atoms with E-state index in [4.69, 9.17) is 0 Å². The second kappa shape index (κ2) is 24.0. The second-order valence-electron chi connectivity index (χ2n) is 29.5. The van der Waals surface area contributed by atoms with Crippen LogP contribution in [0.5, 0.6) is 17.2 Å². The Labute approximate surface area is 556 Å². The van der Waals surface area contributed by atoms with Crippen molar-refractivity contribution in [1.82, 2.24) is 121 Å². The Morgan fingerprint density at radius 1 is 0.453 bits per heavy atom. The van der Waals surface area contributed by atoms with Crippen molar-refractivity contribution < 1.29 is 15.3 Å². The SMILES string of the molecule is CC1(C)CC(n2ccc3cc(-c4ncc(-c5cn[nH]c5)cc4O)nnc32)CC(C)(C)N1.CC1(C)CC(n2nnc3cc(-c4ccc(-c5cn[nH]c5Br)cc4O)nnc32)CC(C)(C)N1.Cn1cc(-c2ccc(-c3cc4nnn(C5CC(C)(C)NC(C)(C)C5)c4nn3)c(O)c2)nn1. The number of aromatic hydroxyl groups is 3. The highest BCUT2D eigenvalue weighted by Gasteiger charge is 2.42. The predicted octanol–water partition coefficient (Wildman–Crippen LogP) is 11.2. The Kier molecular flexibility index (Phi) is 16.3. The van der Waals surface area contributed by atoms with Gasteiger partial charge in [0, 0.05) is 104 Å². The molecule has 0 amide bonds. The second-order valence-corrected chi connectivity index (χ2v) is 30.3. The predicted molar refractivity (Wildman–Crippen MR) is 364 cm³/mol. The summed E-state index contributed by atoms with van der Waals surface area (Å²) < 4.78 is 8.41. The first-order chi connectivity index (χ1) is 44.9. The fourth-order valence-electron chi connectivity index (χ4n) is 15.0. The average molecular weight is 1350 g/mol. The van der Waals surface area contributed by atoms with Crippen molar-refractivity contribution in [2.75, 3.05) is 0 Å². The van der Waals surface area contributed by atoms with Crippen LogP contribution in [0.4, 0.5) is 0 Å². The van der Waals surface area contributed by atoms with E-state index in [1.54, 1.807) is 67.0 Å². The van der Waals surface area contributed by atoms with Crippen molar-refractivity contribution in [2.24, 2.45) is 7.05 Å². The zero-order valence-corrected chi connectivity index (χ0v) is 57.1. The van der Waals surface area contributed by atoms with Gasteiger partial charge in [-0.1, -0.05) is 27.8 Å². The van der Waals surface area contributed by atoms with E-state index in [1.165, 1.54) is 0 Å². The molecule has 3 aliphatic heterocycles. The molecule has 28 heteroatoms. The average Bonchev–Trinajstić information content (AvgIpc) is 1.76. The molecule has 3 fully saturated rings. The van der Waals surface area contributed by atoms with Crippen molar-refractivity contribution in [2.45, 2.75) is 173 Å². The summed E-state index contributed by atoms with van der Waals surface area (Å²) in [6.07, 6.45) is 16.5. The highest BCUT2D eigenvalue weighted by atomic mass is 79.9. The number of aromatic nitrogens is 21. The minimum atomic E-state index is -0.0191. The van der Waals surface area contributed by atoms with Crippen LogP contribution in [-0.4, -0.2) is 154 Å². The Morgan fingerprint density at radius 2 is 0.958 bits per heavy atom. The molecule has 3 aliphatic rings. The highest BCUT2D eigenvalue weighted by Crippen LogP contribution is 2.42. The quantitative estimate of drug-likeness (QED) is 0.0665. The molecule has 0 aliphatic carbocycles. The summed E-state index contributed by atoms with van der Waals surface area (Å²) in [5, 5.41) is 110. The minimum absolute atomic E-state index is 0.0183. The Hall–Kier alpha value is -9.51. The molecule has 95 heavy (non-hydrogen) atoms. The van der Waals surface area contributed by atoms with Crippen molar-refractivity contribution in [1.29, 1.82) is 0 Å². The fraction of sp³-hybridized carbons (Fsp3) is 0.418. The number of benzene rings is 2. The van der Waals surface area contributed by atoms with E-state index in [2.05, 4.69) is 219 Å². The number of hydrogen-bond donors (Lipinski definition) is 8. The van der Waals surface area contributed by atoms with E-state index in [0.29, 0.717) is 68.0 Å². The van der Waals surface area contributed by atoms with Gasteiger partial charge in [0.25, 0.3) is 0 Å². The Bertz CT molecular complexity index is 4760. The largest absolute Gasteiger partial charge is 0.507 e. The van der Waals surface area contributed by atoms with E-state index in [1.807, 2.05) is 45.8 Å². The maximum absolute atomic E-state index is 10.7. The molecule has 12 aromatic rings. The lowest BCUT2D eigenvalue weighted by molar-refractivity contribution is 0.126. The van der Waals surface area contributed by atoms with E-state index in [9.17, 15) is 15.3 Å². The Morgan fingerprint density at radius 3 is 1.44 bits per heavy atom. The highest BCUT2D eigenvalue weighted by molar-refractivity contribution is 9.10. The van der Waals surface area contributed by atoms with Gasteiger partial charge < -0.3 is 35.8 Å². The first-order valence-electron chi connectivity index (χ1n) is 31.7. The molecule has 492 valence electrons. The number of hydrogen-bond acceptors (Lipinski definition) is 21. The van der Waals surface area contributed by atoms with E-state index >= 15 is 0 Å². The topological polar surface area (TPSA) is 341 Å². The van der Waals surface area contributed by atoms with Gasteiger partial charge in [-0.15, -0.1) is 45.9 Å². The molecule has 2 aromatic carbocycles. The van der Waals surface area contributed by atoms with Crippen LogP contribution >= 0.6 is 15.9 Å². The summed E-state index contributed by atoms with van der Waals surface area (Å²) in [4.78, 5) is 4.44. The maximum Gasteiger partial charge on any atom is 0.201 e. The molecule has 13 heterocycles. The summed E-state index contributed by atoms with van der Waals surface area (Å²) in [7, 11) is 1.80. The third-order valence-corrected chi connectivity index (χ3v) is 18.4. The van der Waals surface area contributed by atoms with E-state index in [-0.39, 0.29) is 62.6 Å². The van der Waals surface area contributed by atoms with E-state index < -0.39 is 0 Å². The first-order valence-corrected chi connectivity index (χ1v) is 32.5. The van der Waals surface area contributed by atoms with E-state index in [0.717, 1.165) is 82.0 Å². The summed E-state index contributed by atoms with van der Waals surface area (Å²) in [6.45, 7) is 26.6. The smallest absolute Gasteiger partial charge is 0.201 e. The zero-order chi connectivity index (χ0) is 67.1. The number of nitrogens with one attached hydrogen (secondary N) is 5. The van der Waals surface area contributed by atoms with Gasteiger partial charge in [0.05, 0.1) is 42.1 Å². The van der Waals surface area contributed by atoms with Crippen LogP contribution in [0.2, 0.25) is 0 Å². The van der Waals surface area contributed by atoms with Gasteiger partial charge in [-0.3, -0.25) is 14.9 Å². The molecular formula is C67H79BrN24O3. The molecular weight excluding hydrogens is 1270 g/mol. The van der Waals surface area contributed by atoms with Gasteiger partial charge in [-0.25, -0.2) is 14.3 Å². The number of aromatic amines is 2. The van der Waals surface area contributed by atoms with Crippen molar-refractivity contribution in [3.8, 4) is 84.7 Å². The van der Waals surface area contributed by atoms with Crippen LogP contribution in [-0.2, 0) is 7.05 Å². The monoisotopic (exact) mass is 1350 g/mol. The molecule has 15 rings (SSSR count). The van der Waals surface area contributed by atoms with Gasteiger partial charge in [-0.2, -0.15) is 10.2 Å². The molecule has 0 unspecified atom stereocenters. The number of aryl methyl sites for hydroxylation is 1. The molecule has 10 aromatic heterocycles. The number of piperidine rings is 3. The number of nitrogens with zero attached hydrogens (tertiary/aromatic N) is 19. The standard InChI is InChI=1S/C23H27N7O.C22H25BrN8O.C22H27N9O/c1-22(2)9-17(10-23(3,4)29-22)30-6-5-14-7-18(27-28-21(14)30)20-19(31)8-15(11-24-20)16-12-25-26-13-16;1-21(2)9-13(10-22(3,4)29-21)31-20-17(26-30-31)8-16(25-28-20)14-6-5-12(7-18(14)32)15-11-24-27-19(15)23;1-21(2)10-14(11-22(3,4)27-21)31-20-17(24-29-31)9-16(23-26-20)15-7-6-13(8-19(15)32)18-12-30(5)28-25-18/h5-8,11-13,17,29,31H,9-10H2,1-4H3,(H,25,26);5-8,11,13,29,32H,9-10H2,1-4H3,(H,24,27);6-9,12,14,27,32H,10-11H2,1-5H3. The van der Waals surface area contributed by atoms with Crippen molar-refractivity contribution >= 4 is 49.3 Å². The third-order valence-electron chi connectivity index (χ3n) is 17.8. The van der Waals surface area contributed by atoms with Crippen LogP contribution < -0.4 is 16.0 Å². The van der Waals surface area contributed by atoms with Crippen LogP contribution in [0.25, 0.3) is 101 Å². The van der Waals surface area contributed by atoms with Crippen LogP contribution in [0.1, 0.15) is 140 Å². The molecule has 3 saturated heterocycles. The van der Waals surface area contributed by atoms with Gasteiger partial charge >= 0.3 is 0 Å². The maximum atomic E-state index is 10.7. The number of pyridine rings is 1. The summed E-state index contributed by atoms with van der Waals surface area (Å²) in [5.41, 5.74) is 11.5. The lowest BCUT2D eigenvalue weighted by Gasteiger charge is -2.47. The molecule has 0 saturated carbocycles. The number of H-pyrrole nitrogens is 2. The van der Waals surface area contributed by atoms with Crippen LogP contribution in [0.3, 0.4) is 0 Å². The van der Waals surface area contributed by atoms with Gasteiger partial charge in [0.2, 0.25) is 11.3 Å². The summed E-state index contributed by atoms with van der Waals surface area (Å²) in [5.74, 6) is 0.267. The lowest BCUT2D eigenvalue weighted by atomic mass is 9.79.